The number of rotatable bonds is 6. The van der Waals surface area contributed by atoms with E-state index >= 15 is 0 Å². The van der Waals surface area contributed by atoms with Crippen molar-refractivity contribution < 1.29 is 13.2 Å². The minimum Gasteiger partial charge on any atom is -0.204 e. The summed E-state index contributed by atoms with van der Waals surface area (Å²) in [5, 5.41) is 0. The normalized spacial score (nSPS) is 27.3. The van der Waals surface area contributed by atoms with Crippen LogP contribution in [0.25, 0.3) is 11.1 Å². The van der Waals surface area contributed by atoms with Crippen molar-refractivity contribution in [1.29, 1.82) is 0 Å². The highest BCUT2D eigenvalue weighted by Gasteiger charge is 2.28. The van der Waals surface area contributed by atoms with E-state index in [-0.39, 0.29) is 0 Å². The Morgan fingerprint density at radius 1 is 0.750 bits per heavy atom. The summed E-state index contributed by atoms with van der Waals surface area (Å²) in [5.74, 6) is 0.484. The summed E-state index contributed by atoms with van der Waals surface area (Å²) >= 11 is 0. The molecule has 0 bridgehead atoms. The Morgan fingerprint density at radius 3 is 1.88 bits per heavy atom. The highest BCUT2D eigenvalue weighted by molar-refractivity contribution is 5.64. The molecular formula is C29H37F3. The topological polar surface area (TPSA) is 0 Å². The predicted molar refractivity (Wildman–Crippen MR) is 126 cm³/mol. The lowest BCUT2D eigenvalue weighted by Crippen LogP contribution is -2.23. The number of benzene rings is 2. The molecule has 2 fully saturated rings. The minimum atomic E-state index is -1.41. The van der Waals surface area contributed by atoms with Gasteiger partial charge in [0.05, 0.1) is 0 Å². The molecule has 1 atom stereocenters. The molecule has 2 aliphatic rings. The molecule has 0 heterocycles. The summed E-state index contributed by atoms with van der Waals surface area (Å²) in [6, 6.07) is 10.1. The van der Waals surface area contributed by atoms with Gasteiger partial charge in [0.2, 0.25) is 0 Å². The summed E-state index contributed by atoms with van der Waals surface area (Å²) in [6.45, 7) is 4.83. The molecule has 0 aromatic heterocycles. The van der Waals surface area contributed by atoms with Crippen LogP contribution in [-0.2, 0) is 0 Å². The lowest BCUT2D eigenvalue weighted by Gasteiger charge is -2.35. The minimum absolute atomic E-state index is 0.374. The first-order valence-electron chi connectivity index (χ1n) is 12.7. The van der Waals surface area contributed by atoms with Crippen LogP contribution >= 0.6 is 0 Å². The van der Waals surface area contributed by atoms with Gasteiger partial charge in [0, 0.05) is 0 Å². The second kappa shape index (κ2) is 10.4. The monoisotopic (exact) mass is 442 g/mol. The molecule has 0 N–H and O–H groups in total. The van der Waals surface area contributed by atoms with Crippen LogP contribution in [0, 0.1) is 41.1 Å². The van der Waals surface area contributed by atoms with Gasteiger partial charge >= 0.3 is 0 Å². The first-order valence-corrected chi connectivity index (χ1v) is 12.7. The third-order valence-corrected chi connectivity index (χ3v) is 8.52. The summed E-state index contributed by atoms with van der Waals surface area (Å²) in [7, 11) is 0. The Kier molecular flexibility index (Phi) is 7.63. The average molecular weight is 443 g/mol. The van der Waals surface area contributed by atoms with Crippen molar-refractivity contribution in [3.05, 3.63) is 59.4 Å². The van der Waals surface area contributed by atoms with Gasteiger partial charge < -0.3 is 0 Å². The Balaban J connectivity index is 1.29. The molecule has 2 aliphatic carbocycles. The van der Waals surface area contributed by atoms with E-state index in [0.29, 0.717) is 17.0 Å². The van der Waals surface area contributed by atoms with Gasteiger partial charge in [-0.1, -0.05) is 57.4 Å². The molecule has 3 heteroatoms. The van der Waals surface area contributed by atoms with E-state index in [1.54, 1.807) is 0 Å². The molecular weight excluding hydrogens is 405 g/mol. The maximum atomic E-state index is 13.6. The lowest BCUT2D eigenvalue weighted by atomic mass is 9.70. The van der Waals surface area contributed by atoms with Gasteiger partial charge in [-0.15, -0.1) is 0 Å². The molecule has 0 nitrogen and oxygen atoms in total. The van der Waals surface area contributed by atoms with Crippen LogP contribution in [0.2, 0.25) is 0 Å². The lowest BCUT2D eigenvalue weighted by molar-refractivity contribution is 0.172. The number of hydrogen-bond acceptors (Lipinski definition) is 0. The van der Waals surface area contributed by atoms with Gasteiger partial charge in [-0.3, -0.25) is 0 Å². The van der Waals surface area contributed by atoms with Crippen molar-refractivity contribution in [2.75, 3.05) is 0 Å². The SMILES string of the molecule is CCC1CCC(C(C)CC2CCC(c3ccc(-c4cc(F)c(F)c(F)c4)cc3)CC2)CC1. The number of hydrogen-bond donors (Lipinski definition) is 0. The molecule has 1 unspecified atom stereocenters. The molecule has 0 amide bonds. The van der Waals surface area contributed by atoms with Gasteiger partial charge in [0.25, 0.3) is 0 Å². The van der Waals surface area contributed by atoms with Crippen LogP contribution in [0.15, 0.2) is 36.4 Å². The Morgan fingerprint density at radius 2 is 1.31 bits per heavy atom. The molecule has 4 rings (SSSR count). The van der Waals surface area contributed by atoms with Gasteiger partial charge in [-0.05, 0) is 103 Å². The first kappa shape index (κ1) is 23.4. The molecule has 32 heavy (non-hydrogen) atoms. The van der Waals surface area contributed by atoms with Gasteiger partial charge in [-0.2, -0.15) is 0 Å². The summed E-state index contributed by atoms with van der Waals surface area (Å²) < 4.78 is 40.4. The second-order valence-electron chi connectivity index (χ2n) is 10.5. The van der Waals surface area contributed by atoms with Crippen molar-refractivity contribution in [3.8, 4) is 11.1 Å². The van der Waals surface area contributed by atoms with E-state index in [1.165, 1.54) is 69.8 Å². The molecule has 2 saturated carbocycles. The zero-order valence-corrected chi connectivity index (χ0v) is 19.6. The quantitative estimate of drug-likeness (QED) is 0.391. The van der Waals surface area contributed by atoms with Gasteiger partial charge in [0.1, 0.15) is 0 Å². The van der Waals surface area contributed by atoms with Gasteiger partial charge in [-0.25, -0.2) is 13.2 Å². The number of halogens is 3. The first-order chi connectivity index (χ1) is 15.4. The largest absolute Gasteiger partial charge is 0.204 e. The van der Waals surface area contributed by atoms with Crippen molar-refractivity contribution in [3.63, 3.8) is 0 Å². The zero-order valence-electron chi connectivity index (χ0n) is 19.6. The second-order valence-corrected chi connectivity index (χ2v) is 10.5. The maximum Gasteiger partial charge on any atom is 0.194 e. The fourth-order valence-corrected chi connectivity index (χ4v) is 6.29. The van der Waals surface area contributed by atoms with Crippen molar-refractivity contribution in [1.82, 2.24) is 0 Å². The Hall–Kier alpha value is -1.77. The predicted octanol–water partition coefficient (Wildman–Crippen LogP) is 9.29. The zero-order chi connectivity index (χ0) is 22.7. The van der Waals surface area contributed by atoms with Crippen LogP contribution in [0.3, 0.4) is 0 Å². The van der Waals surface area contributed by atoms with E-state index in [2.05, 4.69) is 26.0 Å². The summed E-state index contributed by atoms with van der Waals surface area (Å²) in [5.41, 5.74) is 2.40. The molecule has 0 aliphatic heterocycles. The smallest absolute Gasteiger partial charge is 0.194 e. The van der Waals surface area contributed by atoms with Crippen molar-refractivity contribution >= 4 is 0 Å². The molecule has 0 saturated heterocycles. The Labute approximate surface area is 191 Å². The van der Waals surface area contributed by atoms with Crippen LogP contribution in [0.5, 0.6) is 0 Å². The fraction of sp³-hybridized carbons (Fsp3) is 0.586. The average Bonchev–Trinajstić information content (AvgIpc) is 2.83. The third-order valence-electron chi connectivity index (χ3n) is 8.52. The van der Waals surface area contributed by atoms with Crippen LogP contribution in [-0.4, -0.2) is 0 Å². The van der Waals surface area contributed by atoms with Gasteiger partial charge in [0.15, 0.2) is 17.5 Å². The van der Waals surface area contributed by atoms with E-state index < -0.39 is 17.5 Å². The molecule has 0 spiro atoms. The molecule has 2 aromatic carbocycles. The molecule has 0 radical (unpaired) electrons. The molecule has 174 valence electrons. The van der Waals surface area contributed by atoms with Crippen LogP contribution in [0.4, 0.5) is 13.2 Å². The fourth-order valence-electron chi connectivity index (χ4n) is 6.29. The maximum absolute atomic E-state index is 13.6. The standard InChI is InChI=1S/C29H37F3/c1-3-20-4-8-22(9-5-20)19(2)16-21-6-10-23(11-7-21)24-12-14-25(15-13-24)26-17-27(30)29(32)28(31)18-26/h12-15,17-23H,3-11,16H2,1-2H3. The Bertz CT molecular complexity index is 849. The van der Waals surface area contributed by atoms with E-state index in [0.717, 1.165) is 35.8 Å². The highest BCUT2D eigenvalue weighted by atomic mass is 19.2. The van der Waals surface area contributed by atoms with E-state index in [4.69, 9.17) is 0 Å². The van der Waals surface area contributed by atoms with Crippen LogP contribution in [0.1, 0.15) is 89.5 Å². The summed E-state index contributed by atoms with van der Waals surface area (Å²) in [4.78, 5) is 0. The van der Waals surface area contributed by atoms with Crippen molar-refractivity contribution in [2.45, 2.75) is 84.0 Å². The van der Waals surface area contributed by atoms with Crippen molar-refractivity contribution in [2.24, 2.45) is 23.7 Å². The summed E-state index contributed by atoms with van der Waals surface area (Å²) in [6.07, 6.45) is 13.5. The van der Waals surface area contributed by atoms with E-state index in [1.807, 2.05) is 12.1 Å². The van der Waals surface area contributed by atoms with Crippen LogP contribution < -0.4 is 0 Å². The highest BCUT2D eigenvalue weighted by Crippen LogP contribution is 2.42. The third kappa shape index (κ3) is 5.41. The molecule has 2 aromatic rings. The van der Waals surface area contributed by atoms with E-state index in [9.17, 15) is 13.2 Å².